The largest absolute Gasteiger partial charge is 0.497 e. The molecule has 1 saturated carbocycles. The van der Waals surface area contributed by atoms with E-state index in [1.165, 1.54) is 48.8 Å². The van der Waals surface area contributed by atoms with Crippen LogP contribution in [0.3, 0.4) is 0 Å². The van der Waals surface area contributed by atoms with Crippen molar-refractivity contribution in [3.63, 3.8) is 0 Å². The van der Waals surface area contributed by atoms with E-state index in [0.29, 0.717) is 19.1 Å². The smallest absolute Gasteiger partial charge is 0.322 e. The number of nitrogens with one attached hydrogen (secondary N) is 2. The number of pyridine rings is 1. The average molecular weight is 535 g/mol. The highest BCUT2D eigenvalue weighted by atomic mass is 16.5. The molecule has 206 valence electrons. The molecule has 2 N–H and O–H groups in total. The number of ether oxygens (including phenoxy) is 1. The maximum absolute atomic E-state index is 13.3. The third-order valence-corrected chi connectivity index (χ3v) is 7.57. The van der Waals surface area contributed by atoms with Crippen molar-refractivity contribution in [2.45, 2.75) is 57.8 Å². The second kappa shape index (κ2) is 13.8. The number of urea groups is 1. The molecule has 0 aliphatic heterocycles. The zero-order valence-electron chi connectivity index (χ0n) is 23.2. The van der Waals surface area contributed by atoms with Crippen molar-refractivity contribution in [3.05, 3.63) is 114 Å². The Hall–Kier alpha value is -4.16. The lowest BCUT2D eigenvalue weighted by atomic mass is 9.95. The number of aromatic nitrogens is 1. The van der Waals surface area contributed by atoms with Crippen LogP contribution in [0.2, 0.25) is 0 Å². The highest BCUT2D eigenvalue weighted by molar-refractivity contribution is 5.89. The van der Waals surface area contributed by atoms with Gasteiger partial charge in [0.25, 0.3) is 0 Å². The summed E-state index contributed by atoms with van der Waals surface area (Å²) in [5.41, 5.74) is 6.49. The molecule has 1 aromatic heterocycles. The van der Waals surface area contributed by atoms with E-state index in [0.717, 1.165) is 29.1 Å². The van der Waals surface area contributed by atoms with Crippen LogP contribution in [0, 0.1) is 0 Å². The summed E-state index contributed by atoms with van der Waals surface area (Å²) >= 11 is 0. The molecule has 4 aromatic rings. The molecule has 0 atom stereocenters. The first-order valence-corrected chi connectivity index (χ1v) is 14.2. The highest BCUT2D eigenvalue weighted by Crippen LogP contribution is 2.23. The molecule has 6 heteroatoms. The molecule has 0 spiro atoms. The van der Waals surface area contributed by atoms with Gasteiger partial charge in [0.2, 0.25) is 0 Å². The van der Waals surface area contributed by atoms with E-state index in [1.54, 1.807) is 19.5 Å². The summed E-state index contributed by atoms with van der Waals surface area (Å²) < 4.78 is 5.23. The Bertz CT molecular complexity index is 1330. The van der Waals surface area contributed by atoms with Crippen molar-refractivity contribution in [1.29, 1.82) is 0 Å². The molecule has 40 heavy (non-hydrogen) atoms. The monoisotopic (exact) mass is 534 g/mol. The Morgan fingerprint density at radius 2 is 1.35 bits per heavy atom. The fourth-order valence-corrected chi connectivity index (χ4v) is 5.19. The van der Waals surface area contributed by atoms with Crippen molar-refractivity contribution >= 4 is 11.7 Å². The molecule has 1 fully saturated rings. The zero-order valence-corrected chi connectivity index (χ0v) is 23.2. The number of carbonyl (C=O) groups excluding carboxylic acids is 1. The average Bonchev–Trinajstić information content (AvgIpc) is 3.02. The maximum Gasteiger partial charge on any atom is 0.322 e. The molecule has 3 aromatic carbocycles. The van der Waals surface area contributed by atoms with Crippen LogP contribution in [0.4, 0.5) is 10.5 Å². The number of amides is 2. The first kappa shape index (κ1) is 27.4. The number of nitrogens with zero attached hydrogens (tertiary/aromatic N) is 2. The topological polar surface area (TPSA) is 66.5 Å². The van der Waals surface area contributed by atoms with Crippen LogP contribution in [-0.2, 0) is 19.6 Å². The van der Waals surface area contributed by atoms with E-state index in [9.17, 15) is 4.79 Å². The SMILES string of the molecule is COc1ccc(NC(=O)N(Cc2ccncc2)Cc2ccc(-c3ccc(CNC4CCCCC4)cc3)cc2)cc1. The molecule has 0 bridgehead atoms. The standard InChI is InChI=1S/C34H38N4O2/c1-40-33-17-15-32(16-18-33)37-34(39)38(25-28-19-21-35-22-20-28)24-27-9-13-30(14-10-27)29-11-7-26(8-12-29)23-36-31-5-3-2-4-6-31/h7-22,31,36H,2-6,23-25H2,1H3,(H,37,39). The van der Waals surface area contributed by atoms with Crippen molar-refractivity contribution in [2.24, 2.45) is 0 Å². The molecular weight excluding hydrogens is 496 g/mol. The number of benzene rings is 3. The molecule has 1 aliphatic carbocycles. The van der Waals surface area contributed by atoms with Gasteiger partial charge in [-0.15, -0.1) is 0 Å². The van der Waals surface area contributed by atoms with Crippen LogP contribution >= 0.6 is 0 Å². The summed E-state index contributed by atoms with van der Waals surface area (Å²) in [5, 5.41) is 6.74. The van der Waals surface area contributed by atoms with Gasteiger partial charge in [0, 0.05) is 43.8 Å². The first-order chi connectivity index (χ1) is 19.7. The molecule has 0 saturated heterocycles. The fraction of sp³-hybridized carbons (Fsp3) is 0.294. The molecule has 0 unspecified atom stereocenters. The van der Waals surface area contributed by atoms with E-state index in [2.05, 4.69) is 64.1 Å². The summed E-state index contributed by atoms with van der Waals surface area (Å²) in [6, 6.07) is 29.0. The summed E-state index contributed by atoms with van der Waals surface area (Å²) in [6.07, 6.45) is 10.2. The van der Waals surface area contributed by atoms with Crippen molar-refractivity contribution in [3.8, 4) is 16.9 Å². The van der Waals surface area contributed by atoms with Gasteiger partial charge >= 0.3 is 6.03 Å². The molecule has 1 aliphatic rings. The summed E-state index contributed by atoms with van der Waals surface area (Å²) in [4.78, 5) is 19.2. The van der Waals surface area contributed by atoms with Crippen LogP contribution in [0.25, 0.3) is 11.1 Å². The van der Waals surface area contributed by atoms with Gasteiger partial charge in [0.05, 0.1) is 7.11 Å². The lowest BCUT2D eigenvalue weighted by Gasteiger charge is -2.24. The van der Waals surface area contributed by atoms with Gasteiger partial charge in [-0.2, -0.15) is 0 Å². The van der Waals surface area contributed by atoms with Gasteiger partial charge in [-0.3, -0.25) is 4.98 Å². The fourth-order valence-electron chi connectivity index (χ4n) is 5.19. The third kappa shape index (κ3) is 7.70. The van der Waals surface area contributed by atoms with Crippen molar-refractivity contribution in [1.82, 2.24) is 15.2 Å². The number of methoxy groups -OCH3 is 1. The minimum atomic E-state index is -0.163. The quantitative estimate of drug-likeness (QED) is 0.222. The second-order valence-electron chi connectivity index (χ2n) is 10.5. The lowest BCUT2D eigenvalue weighted by Crippen LogP contribution is -2.34. The lowest BCUT2D eigenvalue weighted by molar-refractivity contribution is 0.206. The second-order valence-corrected chi connectivity index (χ2v) is 10.5. The van der Waals surface area contributed by atoms with E-state index in [4.69, 9.17) is 4.74 Å². The van der Waals surface area contributed by atoms with Crippen LogP contribution in [0.15, 0.2) is 97.3 Å². The summed E-state index contributed by atoms with van der Waals surface area (Å²) in [7, 11) is 1.63. The highest BCUT2D eigenvalue weighted by Gasteiger charge is 2.16. The van der Waals surface area contributed by atoms with Crippen LogP contribution in [0.1, 0.15) is 48.8 Å². The Morgan fingerprint density at radius 1 is 0.775 bits per heavy atom. The zero-order chi connectivity index (χ0) is 27.6. The number of anilines is 1. The molecule has 2 amide bonds. The van der Waals surface area contributed by atoms with Crippen LogP contribution in [-0.4, -0.2) is 29.1 Å². The number of hydrogen-bond donors (Lipinski definition) is 2. The Kier molecular flexibility index (Phi) is 9.43. The Labute approximate surface area is 237 Å². The van der Waals surface area contributed by atoms with Crippen molar-refractivity contribution in [2.75, 3.05) is 12.4 Å². The Balaban J connectivity index is 1.23. The van der Waals surface area contributed by atoms with Crippen LogP contribution < -0.4 is 15.4 Å². The first-order valence-electron chi connectivity index (χ1n) is 14.2. The number of carbonyl (C=O) groups is 1. The third-order valence-electron chi connectivity index (χ3n) is 7.57. The molecule has 6 nitrogen and oxygen atoms in total. The van der Waals surface area contributed by atoms with Gasteiger partial charge in [-0.1, -0.05) is 67.8 Å². The maximum atomic E-state index is 13.3. The number of hydrogen-bond acceptors (Lipinski definition) is 4. The number of rotatable bonds is 10. The predicted molar refractivity (Wildman–Crippen MR) is 161 cm³/mol. The van der Waals surface area contributed by atoms with Gasteiger partial charge in [-0.05, 0) is 77.1 Å². The minimum Gasteiger partial charge on any atom is -0.497 e. The van der Waals surface area contributed by atoms with Gasteiger partial charge < -0.3 is 20.3 Å². The van der Waals surface area contributed by atoms with E-state index in [1.807, 2.05) is 41.3 Å². The molecule has 1 heterocycles. The Morgan fingerprint density at radius 3 is 1.95 bits per heavy atom. The van der Waals surface area contributed by atoms with Gasteiger partial charge in [0.15, 0.2) is 0 Å². The van der Waals surface area contributed by atoms with Crippen molar-refractivity contribution < 1.29 is 9.53 Å². The van der Waals surface area contributed by atoms with E-state index >= 15 is 0 Å². The van der Waals surface area contributed by atoms with Gasteiger partial charge in [-0.25, -0.2) is 4.79 Å². The molecule has 5 rings (SSSR count). The normalized spacial score (nSPS) is 13.5. The summed E-state index contributed by atoms with van der Waals surface area (Å²) in [5.74, 6) is 0.748. The van der Waals surface area contributed by atoms with Gasteiger partial charge in [0.1, 0.15) is 5.75 Å². The molecular formula is C34H38N4O2. The predicted octanol–water partition coefficient (Wildman–Crippen LogP) is 7.41. The molecule has 0 radical (unpaired) electrons. The summed E-state index contributed by atoms with van der Waals surface area (Å²) in [6.45, 7) is 1.88. The van der Waals surface area contributed by atoms with E-state index < -0.39 is 0 Å². The minimum absolute atomic E-state index is 0.163. The van der Waals surface area contributed by atoms with Crippen LogP contribution in [0.5, 0.6) is 5.75 Å². The van der Waals surface area contributed by atoms with E-state index in [-0.39, 0.29) is 6.03 Å².